The van der Waals surface area contributed by atoms with Gasteiger partial charge in [0, 0.05) is 20.1 Å². The van der Waals surface area contributed by atoms with E-state index in [4.69, 9.17) is 11.6 Å². The highest BCUT2D eigenvalue weighted by Gasteiger charge is 2.03. The van der Waals surface area contributed by atoms with Crippen LogP contribution in [0.2, 0.25) is 5.15 Å². The molecule has 0 unspecified atom stereocenters. The van der Waals surface area contributed by atoms with Crippen molar-refractivity contribution in [3.8, 4) is 0 Å². The first-order valence-electron chi connectivity index (χ1n) is 4.43. The second-order valence-corrected chi connectivity index (χ2v) is 3.81. The van der Waals surface area contributed by atoms with E-state index in [0.717, 1.165) is 18.9 Å². The summed E-state index contributed by atoms with van der Waals surface area (Å²) < 4.78 is 0. The Morgan fingerprint density at radius 1 is 1.21 bits per heavy atom. The smallest absolute Gasteiger partial charge is 0.149 e. The normalized spacial score (nSPS) is 10.6. The summed E-state index contributed by atoms with van der Waals surface area (Å²) in [6.07, 6.45) is 3.24. The van der Waals surface area contributed by atoms with Crippen molar-refractivity contribution < 1.29 is 0 Å². The van der Waals surface area contributed by atoms with Crippen LogP contribution in [0.15, 0.2) is 12.4 Å². The average Bonchev–Trinajstić information content (AvgIpc) is 2.14. The fraction of sp³-hybridized carbons (Fsp3) is 0.556. The lowest BCUT2D eigenvalue weighted by molar-refractivity contribution is 0.416. The van der Waals surface area contributed by atoms with Crippen molar-refractivity contribution in [1.82, 2.24) is 14.9 Å². The Kier molecular flexibility index (Phi) is 4.10. The summed E-state index contributed by atoms with van der Waals surface area (Å²) in [6, 6.07) is 0. The molecule has 0 saturated carbocycles. The maximum absolute atomic E-state index is 5.74. The molecular weight excluding hydrogens is 200 g/mol. The van der Waals surface area contributed by atoms with Crippen molar-refractivity contribution in [3.63, 3.8) is 0 Å². The van der Waals surface area contributed by atoms with Crippen LogP contribution in [0.1, 0.15) is 0 Å². The fourth-order valence-electron chi connectivity index (χ4n) is 0.981. The molecule has 0 aliphatic heterocycles. The van der Waals surface area contributed by atoms with Gasteiger partial charge in [0.05, 0.1) is 12.4 Å². The van der Waals surface area contributed by atoms with Gasteiger partial charge in [-0.05, 0) is 14.1 Å². The number of nitrogens with zero attached hydrogens (tertiary/aromatic N) is 4. The highest BCUT2D eigenvalue weighted by atomic mass is 35.5. The molecule has 0 aliphatic carbocycles. The first-order valence-corrected chi connectivity index (χ1v) is 4.81. The maximum Gasteiger partial charge on any atom is 0.149 e. The van der Waals surface area contributed by atoms with E-state index in [0.29, 0.717) is 5.15 Å². The molecule has 0 radical (unpaired) electrons. The molecule has 14 heavy (non-hydrogen) atoms. The van der Waals surface area contributed by atoms with Crippen LogP contribution in [0, 0.1) is 0 Å². The fourth-order valence-corrected chi connectivity index (χ4v) is 1.12. The Balaban J connectivity index is 2.56. The third kappa shape index (κ3) is 3.47. The largest absolute Gasteiger partial charge is 0.357 e. The summed E-state index contributed by atoms with van der Waals surface area (Å²) in [5.74, 6) is 0.805. The minimum absolute atomic E-state index is 0.430. The lowest BCUT2D eigenvalue weighted by atomic mass is 10.5. The summed E-state index contributed by atoms with van der Waals surface area (Å²) in [5, 5.41) is 0.430. The minimum Gasteiger partial charge on any atom is -0.357 e. The molecule has 1 heterocycles. The van der Waals surface area contributed by atoms with Gasteiger partial charge in [0.25, 0.3) is 0 Å². The number of aromatic nitrogens is 2. The van der Waals surface area contributed by atoms with Gasteiger partial charge in [-0.15, -0.1) is 0 Å². The number of halogens is 1. The van der Waals surface area contributed by atoms with Crippen LogP contribution >= 0.6 is 11.6 Å². The third-order valence-corrected chi connectivity index (χ3v) is 2.05. The summed E-state index contributed by atoms with van der Waals surface area (Å²) in [5.41, 5.74) is 0. The van der Waals surface area contributed by atoms with Gasteiger partial charge < -0.3 is 9.80 Å². The minimum atomic E-state index is 0.430. The van der Waals surface area contributed by atoms with Crippen molar-refractivity contribution in [3.05, 3.63) is 17.5 Å². The Bertz CT molecular complexity index is 290. The van der Waals surface area contributed by atoms with Crippen molar-refractivity contribution >= 4 is 17.4 Å². The zero-order valence-electron chi connectivity index (χ0n) is 8.74. The molecule has 0 fully saturated rings. The molecule has 0 atom stereocenters. The zero-order valence-corrected chi connectivity index (χ0v) is 9.49. The van der Waals surface area contributed by atoms with Crippen molar-refractivity contribution in [2.24, 2.45) is 0 Å². The topological polar surface area (TPSA) is 32.3 Å². The van der Waals surface area contributed by atoms with Gasteiger partial charge in [-0.3, -0.25) is 4.98 Å². The summed E-state index contributed by atoms with van der Waals surface area (Å²) >= 11 is 5.74. The van der Waals surface area contributed by atoms with E-state index in [1.807, 2.05) is 26.0 Å². The van der Waals surface area contributed by atoms with Crippen LogP contribution in [0.5, 0.6) is 0 Å². The molecule has 1 aromatic rings. The van der Waals surface area contributed by atoms with Crippen molar-refractivity contribution in [1.29, 1.82) is 0 Å². The first kappa shape index (κ1) is 11.2. The Morgan fingerprint density at radius 2 is 1.93 bits per heavy atom. The van der Waals surface area contributed by atoms with Crippen LogP contribution in [0.3, 0.4) is 0 Å². The van der Waals surface area contributed by atoms with Gasteiger partial charge >= 0.3 is 0 Å². The predicted octanol–water partition coefficient (Wildman–Crippen LogP) is 1.13. The molecule has 0 aliphatic rings. The van der Waals surface area contributed by atoms with Gasteiger partial charge in [-0.1, -0.05) is 11.6 Å². The molecule has 4 nitrogen and oxygen atoms in total. The van der Waals surface area contributed by atoms with Crippen LogP contribution in [-0.4, -0.2) is 49.1 Å². The highest BCUT2D eigenvalue weighted by molar-refractivity contribution is 6.29. The quantitative estimate of drug-likeness (QED) is 0.752. The van der Waals surface area contributed by atoms with E-state index >= 15 is 0 Å². The Hall–Kier alpha value is -0.870. The van der Waals surface area contributed by atoms with Crippen molar-refractivity contribution in [2.45, 2.75) is 0 Å². The monoisotopic (exact) mass is 214 g/mol. The van der Waals surface area contributed by atoms with Crippen molar-refractivity contribution in [2.75, 3.05) is 39.1 Å². The highest BCUT2D eigenvalue weighted by Crippen LogP contribution is 2.10. The number of anilines is 1. The van der Waals surface area contributed by atoms with E-state index in [2.05, 4.69) is 14.9 Å². The Morgan fingerprint density at radius 3 is 2.50 bits per heavy atom. The van der Waals surface area contributed by atoms with E-state index in [1.54, 1.807) is 6.20 Å². The SMILES string of the molecule is CN(C)CCN(C)c1cncc(Cl)n1. The molecule has 1 rings (SSSR count). The summed E-state index contributed by atoms with van der Waals surface area (Å²) in [7, 11) is 6.05. The molecule has 5 heteroatoms. The Labute approximate surface area is 89.5 Å². The lowest BCUT2D eigenvalue weighted by Crippen LogP contribution is -2.29. The second kappa shape index (κ2) is 5.12. The van der Waals surface area contributed by atoms with E-state index in [1.165, 1.54) is 6.20 Å². The first-order chi connectivity index (χ1) is 6.59. The number of hydrogen-bond donors (Lipinski definition) is 0. The van der Waals surface area contributed by atoms with Crippen LogP contribution < -0.4 is 4.90 Å². The van der Waals surface area contributed by atoms with Crippen LogP contribution in [0.25, 0.3) is 0 Å². The molecule has 0 aromatic carbocycles. The van der Waals surface area contributed by atoms with E-state index in [-0.39, 0.29) is 0 Å². The predicted molar refractivity (Wildman–Crippen MR) is 58.9 cm³/mol. The second-order valence-electron chi connectivity index (χ2n) is 3.42. The molecule has 0 spiro atoms. The number of hydrogen-bond acceptors (Lipinski definition) is 4. The van der Waals surface area contributed by atoms with E-state index < -0.39 is 0 Å². The average molecular weight is 215 g/mol. The molecular formula is C9H15ClN4. The lowest BCUT2D eigenvalue weighted by Gasteiger charge is -2.19. The molecule has 0 saturated heterocycles. The molecule has 0 N–H and O–H groups in total. The van der Waals surface area contributed by atoms with Gasteiger partial charge in [0.1, 0.15) is 11.0 Å². The molecule has 0 amide bonds. The van der Waals surface area contributed by atoms with Crippen LogP contribution in [0.4, 0.5) is 5.82 Å². The van der Waals surface area contributed by atoms with Crippen LogP contribution in [-0.2, 0) is 0 Å². The zero-order chi connectivity index (χ0) is 10.6. The van der Waals surface area contributed by atoms with Gasteiger partial charge in [0.15, 0.2) is 0 Å². The summed E-state index contributed by atoms with van der Waals surface area (Å²) in [4.78, 5) is 12.3. The standard InChI is InChI=1S/C9H15ClN4/c1-13(2)4-5-14(3)9-7-11-6-8(10)12-9/h6-7H,4-5H2,1-3H3. The van der Waals surface area contributed by atoms with Gasteiger partial charge in [0.2, 0.25) is 0 Å². The van der Waals surface area contributed by atoms with Gasteiger partial charge in [-0.2, -0.15) is 0 Å². The molecule has 0 bridgehead atoms. The maximum atomic E-state index is 5.74. The number of likely N-dealkylation sites (N-methyl/N-ethyl adjacent to an activating group) is 2. The van der Waals surface area contributed by atoms with Gasteiger partial charge in [-0.25, -0.2) is 4.98 Å². The number of rotatable bonds is 4. The van der Waals surface area contributed by atoms with E-state index in [9.17, 15) is 0 Å². The molecule has 1 aromatic heterocycles. The molecule has 78 valence electrons. The third-order valence-electron chi connectivity index (χ3n) is 1.87. The summed E-state index contributed by atoms with van der Waals surface area (Å²) in [6.45, 7) is 1.88.